The van der Waals surface area contributed by atoms with E-state index in [2.05, 4.69) is 20.8 Å². The summed E-state index contributed by atoms with van der Waals surface area (Å²) in [5.41, 5.74) is 18.7. The van der Waals surface area contributed by atoms with E-state index < -0.39 is 0 Å². The fourth-order valence-corrected chi connectivity index (χ4v) is 5.29. The molecular weight excluding hydrogens is 576 g/mol. The SMILES string of the molecule is CC1CCOCC(N)CCCN(O)CCC(C)CCOCC(N)CCCN(O)CCC(C)CCOCC(N)CCCN(O)CC1. The van der Waals surface area contributed by atoms with Gasteiger partial charge in [0.2, 0.25) is 0 Å². The van der Waals surface area contributed by atoms with Crippen LogP contribution in [0.1, 0.15) is 97.8 Å². The number of hydroxylamine groups is 6. The van der Waals surface area contributed by atoms with Crippen LogP contribution in [0.25, 0.3) is 0 Å². The first kappa shape index (κ1) is 42.5. The molecule has 1 aliphatic rings. The monoisotopic (exact) mass is 649 g/mol. The van der Waals surface area contributed by atoms with E-state index in [4.69, 9.17) is 31.4 Å². The fraction of sp³-hybridized carbons (Fsp3) is 1.00. The number of hydrogen-bond acceptors (Lipinski definition) is 12. The average Bonchev–Trinajstić information content (AvgIpc) is 3.00. The highest BCUT2D eigenvalue weighted by Gasteiger charge is 2.12. The minimum Gasteiger partial charge on any atom is -0.380 e. The quantitative estimate of drug-likeness (QED) is 0.225. The van der Waals surface area contributed by atoms with Crippen molar-refractivity contribution in [3.05, 3.63) is 0 Å². The second-order valence-electron chi connectivity index (χ2n) is 13.8. The summed E-state index contributed by atoms with van der Waals surface area (Å²) >= 11 is 0. The lowest BCUT2D eigenvalue weighted by molar-refractivity contribution is -0.0956. The Kier molecular flexibility index (Phi) is 26.0. The molecule has 1 heterocycles. The molecule has 0 aromatic heterocycles. The molecule has 6 unspecified atom stereocenters. The van der Waals surface area contributed by atoms with Gasteiger partial charge in [0.25, 0.3) is 0 Å². The van der Waals surface area contributed by atoms with Crippen molar-refractivity contribution in [2.45, 2.75) is 116 Å². The highest BCUT2D eigenvalue weighted by atomic mass is 16.5. The van der Waals surface area contributed by atoms with Crippen LogP contribution in [-0.2, 0) is 14.2 Å². The minimum atomic E-state index is -0.0382. The molecular formula is C33H72N6O6. The summed E-state index contributed by atoms with van der Waals surface area (Å²) < 4.78 is 17.4. The summed E-state index contributed by atoms with van der Waals surface area (Å²) in [7, 11) is 0. The Morgan fingerprint density at radius 3 is 0.956 bits per heavy atom. The number of hydrogen-bond donors (Lipinski definition) is 6. The van der Waals surface area contributed by atoms with Gasteiger partial charge < -0.3 is 47.0 Å². The summed E-state index contributed by atoms with van der Waals surface area (Å²) in [6, 6.07) is -0.115. The average molecular weight is 649 g/mol. The molecule has 0 radical (unpaired) electrons. The van der Waals surface area contributed by atoms with Crippen molar-refractivity contribution >= 4 is 0 Å². The van der Waals surface area contributed by atoms with Gasteiger partial charge >= 0.3 is 0 Å². The third kappa shape index (κ3) is 26.2. The maximum absolute atomic E-state index is 10.3. The normalized spacial score (nSPS) is 33.0. The number of rotatable bonds is 0. The fourth-order valence-electron chi connectivity index (χ4n) is 5.29. The zero-order chi connectivity index (χ0) is 33.3. The predicted molar refractivity (Wildman–Crippen MR) is 179 cm³/mol. The maximum atomic E-state index is 10.3. The van der Waals surface area contributed by atoms with Crippen molar-refractivity contribution in [2.24, 2.45) is 35.0 Å². The molecule has 0 aromatic rings. The summed E-state index contributed by atoms with van der Waals surface area (Å²) in [6.45, 7) is 13.8. The van der Waals surface area contributed by atoms with Crippen LogP contribution in [0.5, 0.6) is 0 Å². The molecule has 0 spiro atoms. The Balaban J connectivity index is 2.42. The lowest BCUT2D eigenvalue weighted by atomic mass is 10.0. The van der Waals surface area contributed by atoms with E-state index in [1.165, 1.54) is 15.2 Å². The van der Waals surface area contributed by atoms with E-state index in [1.54, 1.807) is 0 Å². The molecule has 270 valence electrons. The predicted octanol–water partition coefficient (Wildman–Crippen LogP) is 3.69. The molecule has 45 heavy (non-hydrogen) atoms. The molecule has 6 atom stereocenters. The van der Waals surface area contributed by atoms with Crippen molar-refractivity contribution in [1.82, 2.24) is 15.2 Å². The topological polar surface area (TPSA) is 176 Å². The molecule has 1 aliphatic heterocycles. The molecule has 9 N–H and O–H groups in total. The molecule has 0 aromatic carbocycles. The highest BCUT2D eigenvalue weighted by Crippen LogP contribution is 2.12. The molecule has 0 aliphatic carbocycles. The van der Waals surface area contributed by atoms with Crippen molar-refractivity contribution in [3.8, 4) is 0 Å². The van der Waals surface area contributed by atoms with Gasteiger partial charge in [-0.3, -0.25) is 0 Å². The second kappa shape index (κ2) is 27.5. The standard InChI is InChI=1S/C33H72N6O6/c1-28-10-19-37(40)16-4-7-32(35)26-44-23-14-30(3)12-21-39(42)18-6-9-33(36)27-45-24-15-29(2)11-20-38(41)17-5-8-31(34)25-43-22-13-28/h28-33,40-42H,4-27,34-36H2,1-3H3. The first-order valence-electron chi connectivity index (χ1n) is 17.9. The molecule has 0 saturated carbocycles. The van der Waals surface area contributed by atoms with Gasteiger partial charge in [0.15, 0.2) is 0 Å². The molecule has 1 fully saturated rings. The van der Waals surface area contributed by atoms with Gasteiger partial charge in [-0.25, -0.2) is 0 Å². The summed E-state index contributed by atoms with van der Waals surface area (Å²) in [5, 5.41) is 35.0. The van der Waals surface area contributed by atoms with Crippen molar-refractivity contribution in [2.75, 3.05) is 78.9 Å². The second-order valence-corrected chi connectivity index (χ2v) is 13.8. The van der Waals surface area contributed by atoms with Crippen molar-refractivity contribution in [1.29, 1.82) is 0 Å². The van der Waals surface area contributed by atoms with Crippen LogP contribution in [-0.4, -0.2) is 128 Å². The third-order valence-electron chi connectivity index (χ3n) is 8.87. The van der Waals surface area contributed by atoms with Crippen LogP contribution in [0.3, 0.4) is 0 Å². The Bertz CT molecular complexity index is 586. The molecule has 1 saturated heterocycles. The van der Waals surface area contributed by atoms with Gasteiger partial charge in [0.05, 0.1) is 19.8 Å². The number of nitrogens with zero attached hydrogens (tertiary/aromatic N) is 3. The van der Waals surface area contributed by atoms with Crippen LogP contribution < -0.4 is 17.2 Å². The van der Waals surface area contributed by atoms with E-state index in [0.717, 1.165) is 77.0 Å². The summed E-state index contributed by atoms with van der Waals surface area (Å²) in [4.78, 5) is 0. The molecule has 1 rings (SSSR count). The van der Waals surface area contributed by atoms with Crippen LogP contribution in [0, 0.1) is 17.8 Å². The van der Waals surface area contributed by atoms with Gasteiger partial charge in [-0.15, -0.1) is 0 Å². The molecule has 0 bridgehead atoms. The lowest BCUT2D eigenvalue weighted by Gasteiger charge is -2.20. The zero-order valence-electron chi connectivity index (χ0n) is 29.1. The van der Waals surface area contributed by atoms with Crippen molar-refractivity contribution < 1.29 is 29.8 Å². The van der Waals surface area contributed by atoms with Gasteiger partial charge in [0.1, 0.15) is 0 Å². The molecule has 12 nitrogen and oxygen atoms in total. The van der Waals surface area contributed by atoms with E-state index in [9.17, 15) is 15.6 Å². The Morgan fingerprint density at radius 2 is 0.689 bits per heavy atom. The van der Waals surface area contributed by atoms with E-state index >= 15 is 0 Å². The molecule has 12 heteroatoms. The number of nitrogens with two attached hydrogens (primary N) is 3. The summed E-state index contributed by atoms with van der Waals surface area (Å²) in [5.74, 6) is 1.34. The molecule has 0 amide bonds. The Labute approximate surface area is 274 Å². The van der Waals surface area contributed by atoms with Gasteiger partial charge in [-0.1, -0.05) is 20.8 Å². The van der Waals surface area contributed by atoms with Crippen molar-refractivity contribution in [3.63, 3.8) is 0 Å². The van der Waals surface area contributed by atoms with E-state index in [0.29, 0.717) is 96.7 Å². The largest absolute Gasteiger partial charge is 0.380 e. The summed E-state index contributed by atoms with van der Waals surface area (Å²) in [6.07, 6.45) is 10.4. The van der Waals surface area contributed by atoms with Crippen LogP contribution in [0.2, 0.25) is 0 Å². The van der Waals surface area contributed by atoms with Gasteiger partial charge in [-0.2, -0.15) is 15.2 Å². The van der Waals surface area contributed by atoms with Crippen LogP contribution >= 0.6 is 0 Å². The Morgan fingerprint density at radius 1 is 0.422 bits per heavy atom. The van der Waals surface area contributed by atoms with Gasteiger partial charge in [-0.05, 0) is 94.8 Å². The first-order valence-corrected chi connectivity index (χ1v) is 17.9. The Hall–Kier alpha value is -0.480. The first-order chi connectivity index (χ1) is 21.5. The zero-order valence-corrected chi connectivity index (χ0v) is 29.1. The van der Waals surface area contributed by atoms with E-state index in [1.807, 2.05) is 0 Å². The van der Waals surface area contributed by atoms with Crippen LogP contribution in [0.15, 0.2) is 0 Å². The van der Waals surface area contributed by atoms with E-state index in [-0.39, 0.29) is 18.1 Å². The lowest BCUT2D eigenvalue weighted by Crippen LogP contribution is -2.30. The third-order valence-corrected chi connectivity index (χ3v) is 8.87. The maximum Gasteiger partial charge on any atom is 0.0617 e. The highest BCUT2D eigenvalue weighted by molar-refractivity contribution is 4.66. The minimum absolute atomic E-state index is 0.0382. The number of ether oxygens (including phenoxy) is 3. The smallest absolute Gasteiger partial charge is 0.0617 e. The van der Waals surface area contributed by atoms with Crippen LogP contribution in [0.4, 0.5) is 0 Å². The van der Waals surface area contributed by atoms with Gasteiger partial charge in [0, 0.05) is 77.2 Å².